The largest absolute Gasteiger partial charge is 0.368 e. The monoisotopic (exact) mass is 308 g/mol. The highest BCUT2D eigenvalue weighted by molar-refractivity contribution is 7.14. The van der Waals surface area contributed by atoms with Gasteiger partial charge in [0, 0.05) is 27.3 Å². The summed E-state index contributed by atoms with van der Waals surface area (Å²) in [5, 5.41) is 5.48. The minimum absolute atomic E-state index is 0.0818. The van der Waals surface area contributed by atoms with E-state index in [1.807, 2.05) is 5.38 Å². The van der Waals surface area contributed by atoms with Gasteiger partial charge in [0.25, 0.3) is 5.91 Å². The molecule has 0 aliphatic carbocycles. The van der Waals surface area contributed by atoms with Crippen molar-refractivity contribution in [2.45, 2.75) is 32.8 Å². The van der Waals surface area contributed by atoms with Crippen molar-refractivity contribution in [3.63, 3.8) is 0 Å². The summed E-state index contributed by atoms with van der Waals surface area (Å²) in [7, 11) is 0. The first-order chi connectivity index (χ1) is 9.63. The number of hydrogen-bond acceptors (Lipinski definition) is 5. The van der Waals surface area contributed by atoms with E-state index in [2.05, 4.69) is 30.2 Å². The zero-order valence-corrected chi connectivity index (χ0v) is 13.1. The highest BCUT2D eigenvalue weighted by Crippen LogP contribution is 2.32. The van der Waals surface area contributed by atoms with E-state index in [0.29, 0.717) is 11.7 Å². The van der Waals surface area contributed by atoms with E-state index < -0.39 is 0 Å². The molecule has 0 radical (unpaired) electrons. The van der Waals surface area contributed by atoms with Gasteiger partial charge in [-0.2, -0.15) is 0 Å². The molecule has 0 aromatic carbocycles. The second-order valence-corrected chi connectivity index (χ2v) is 7.17. The van der Waals surface area contributed by atoms with Crippen molar-refractivity contribution >= 4 is 33.7 Å². The zero-order chi connectivity index (χ0) is 14.1. The average Bonchev–Trinajstić information content (AvgIpc) is 3.10. The van der Waals surface area contributed by atoms with Crippen molar-refractivity contribution < 1.29 is 9.53 Å². The Morgan fingerprint density at radius 2 is 2.35 bits per heavy atom. The van der Waals surface area contributed by atoms with Crippen molar-refractivity contribution in [2.24, 2.45) is 0 Å². The molecule has 1 saturated heterocycles. The maximum Gasteiger partial charge on any atom is 0.255 e. The SMILES string of the molecule is Cc1cc(-c2csc(NC(=O)[C@H]3CCCO3)n2)c(C)s1. The molecule has 20 heavy (non-hydrogen) atoms. The Kier molecular flexibility index (Phi) is 3.87. The van der Waals surface area contributed by atoms with Crippen LogP contribution in [-0.4, -0.2) is 23.6 Å². The van der Waals surface area contributed by atoms with E-state index in [0.717, 1.165) is 24.1 Å². The highest BCUT2D eigenvalue weighted by atomic mass is 32.1. The first kappa shape index (κ1) is 13.7. The van der Waals surface area contributed by atoms with Crippen LogP contribution in [0.3, 0.4) is 0 Å². The third kappa shape index (κ3) is 2.77. The number of amides is 1. The Labute approximate surface area is 125 Å². The van der Waals surface area contributed by atoms with Crippen LogP contribution in [-0.2, 0) is 9.53 Å². The predicted octanol–water partition coefficient (Wildman–Crippen LogP) is 3.61. The Hall–Kier alpha value is -1.24. The second kappa shape index (κ2) is 5.63. The van der Waals surface area contributed by atoms with Crippen LogP contribution < -0.4 is 5.32 Å². The van der Waals surface area contributed by atoms with Crippen LogP contribution in [0.25, 0.3) is 11.3 Å². The lowest BCUT2D eigenvalue weighted by molar-refractivity contribution is -0.124. The third-order valence-electron chi connectivity index (χ3n) is 3.27. The summed E-state index contributed by atoms with van der Waals surface area (Å²) < 4.78 is 5.37. The number of ether oxygens (including phenoxy) is 1. The van der Waals surface area contributed by atoms with Crippen LogP contribution in [0.5, 0.6) is 0 Å². The molecule has 1 N–H and O–H groups in total. The van der Waals surface area contributed by atoms with E-state index in [-0.39, 0.29) is 12.0 Å². The lowest BCUT2D eigenvalue weighted by Crippen LogP contribution is -2.26. The van der Waals surface area contributed by atoms with Gasteiger partial charge in [-0.3, -0.25) is 10.1 Å². The summed E-state index contributed by atoms with van der Waals surface area (Å²) in [5.41, 5.74) is 2.08. The molecule has 1 amide bonds. The van der Waals surface area contributed by atoms with Crippen LogP contribution in [0.1, 0.15) is 22.6 Å². The first-order valence-corrected chi connectivity index (χ1v) is 8.28. The third-order valence-corrected chi connectivity index (χ3v) is 5.00. The lowest BCUT2D eigenvalue weighted by atomic mass is 10.2. The second-order valence-electron chi connectivity index (χ2n) is 4.86. The Morgan fingerprint density at radius 3 is 3.00 bits per heavy atom. The van der Waals surface area contributed by atoms with Crippen LogP contribution in [0.2, 0.25) is 0 Å². The molecule has 4 nitrogen and oxygen atoms in total. The first-order valence-electron chi connectivity index (χ1n) is 6.59. The minimum atomic E-state index is -0.313. The summed E-state index contributed by atoms with van der Waals surface area (Å²) in [4.78, 5) is 19.0. The molecule has 0 spiro atoms. The fourth-order valence-corrected chi connectivity index (χ4v) is 3.96. The number of thiophene rings is 1. The number of aromatic nitrogens is 1. The summed E-state index contributed by atoms with van der Waals surface area (Å²) in [5.74, 6) is -0.0818. The average molecular weight is 308 g/mol. The van der Waals surface area contributed by atoms with Gasteiger partial charge in [-0.05, 0) is 32.8 Å². The molecule has 3 heterocycles. The Balaban J connectivity index is 1.73. The van der Waals surface area contributed by atoms with Gasteiger partial charge in [-0.1, -0.05) is 0 Å². The van der Waals surface area contributed by atoms with Gasteiger partial charge in [-0.15, -0.1) is 22.7 Å². The zero-order valence-electron chi connectivity index (χ0n) is 11.4. The highest BCUT2D eigenvalue weighted by Gasteiger charge is 2.24. The number of aryl methyl sites for hydroxylation is 2. The number of nitrogens with one attached hydrogen (secondary N) is 1. The van der Waals surface area contributed by atoms with Gasteiger partial charge in [-0.25, -0.2) is 4.98 Å². The number of hydrogen-bond donors (Lipinski definition) is 1. The van der Waals surface area contributed by atoms with Crippen molar-refractivity contribution in [3.8, 4) is 11.3 Å². The quantitative estimate of drug-likeness (QED) is 0.942. The molecular weight excluding hydrogens is 292 g/mol. The molecule has 3 rings (SSSR count). The van der Waals surface area contributed by atoms with Crippen molar-refractivity contribution in [1.82, 2.24) is 4.98 Å². The fourth-order valence-electron chi connectivity index (χ4n) is 2.31. The van der Waals surface area contributed by atoms with Gasteiger partial charge < -0.3 is 4.74 Å². The number of nitrogens with zero attached hydrogens (tertiary/aromatic N) is 1. The maximum absolute atomic E-state index is 12.0. The smallest absolute Gasteiger partial charge is 0.255 e. The van der Waals surface area contributed by atoms with Gasteiger partial charge >= 0.3 is 0 Å². The normalized spacial score (nSPS) is 18.4. The molecule has 1 aliphatic rings. The molecule has 1 fully saturated rings. The van der Waals surface area contributed by atoms with Gasteiger partial charge in [0.05, 0.1) is 5.69 Å². The topological polar surface area (TPSA) is 51.2 Å². The number of thiazole rings is 1. The van der Waals surface area contributed by atoms with Gasteiger partial charge in [0.1, 0.15) is 6.10 Å². The van der Waals surface area contributed by atoms with Crippen molar-refractivity contribution in [3.05, 3.63) is 21.2 Å². The molecule has 1 atom stereocenters. The molecule has 2 aromatic rings. The van der Waals surface area contributed by atoms with Crippen LogP contribution >= 0.6 is 22.7 Å². The number of carbonyl (C=O) groups excluding carboxylic acids is 1. The van der Waals surface area contributed by atoms with Gasteiger partial charge in [0.15, 0.2) is 5.13 Å². The van der Waals surface area contributed by atoms with Crippen LogP contribution in [0.15, 0.2) is 11.4 Å². The molecule has 106 valence electrons. The van der Waals surface area contributed by atoms with Crippen molar-refractivity contribution in [2.75, 3.05) is 11.9 Å². The lowest BCUT2D eigenvalue weighted by Gasteiger charge is -2.07. The Morgan fingerprint density at radius 1 is 1.50 bits per heavy atom. The summed E-state index contributed by atoms with van der Waals surface area (Å²) >= 11 is 3.22. The van der Waals surface area contributed by atoms with Crippen molar-refractivity contribution in [1.29, 1.82) is 0 Å². The van der Waals surface area contributed by atoms with Crippen LogP contribution in [0.4, 0.5) is 5.13 Å². The molecule has 0 saturated carbocycles. The molecule has 0 unspecified atom stereocenters. The fraction of sp³-hybridized carbons (Fsp3) is 0.429. The van der Waals surface area contributed by atoms with Crippen LogP contribution in [0, 0.1) is 13.8 Å². The Bertz CT molecular complexity index is 627. The molecule has 1 aliphatic heterocycles. The molecule has 6 heteroatoms. The summed E-state index contributed by atoms with van der Waals surface area (Å²) in [6.07, 6.45) is 1.44. The van der Waals surface area contributed by atoms with Gasteiger partial charge in [0.2, 0.25) is 0 Å². The summed E-state index contributed by atoms with van der Waals surface area (Å²) in [6.45, 7) is 4.86. The van der Waals surface area contributed by atoms with E-state index in [4.69, 9.17) is 4.74 Å². The summed E-state index contributed by atoms with van der Waals surface area (Å²) in [6, 6.07) is 2.14. The number of carbonyl (C=O) groups is 1. The van der Waals surface area contributed by atoms with E-state index >= 15 is 0 Å². The molecule has 0 bridgehead atoms. The number of anilines is 1. The van der Waals surface area contributed by atoms with E-state index in [1.54, 1.807) is 11.3 Å². The number of rotatable bonds is 3. The molecule has 2 aromatic heterocycles. The van der Waals surface area contributed by atoms with E-state index in [1.165, 1.54) is 21.1 Å². The predicted molar refractivity (Wildman–Crippen MR) is 82.5 cm³/mol. The molecular formula is C14H16N2O2S2. The minimum Gasteiger partial charge on any atom is -0.368 e. The standard InChI is InChI=1S/C14H16N2O2S2/c1-8-6-10(9(2)20-8)11-7-19-14(15-11)16-13(17)12-4-3-5-18-12/h6-7,12H,3-5H2,1-2H3,(H,15,16,17)/t12-/m1/s1. The van der Waals surface area contributed by atoms with E-state index in [9.17, 15) is 4.79 Å². The maximum atomic E-state index is 12.0.